The van der Waals surface area contributed by atoms with Crippen LogP contribution in [0.15, 0.2) is 12.1 Å². The first kappa shape index (κ1) is 17.5. The zero-order valence-electron chi connectivity index (χ0n) is 15.1. The van der Waals surface area contributed by atoms with Gasteiger partial charge < -0.3 is 14.8 Å². The molecule has 0 aliphatic rings. The van der Waals surface area contributed by atoms with Gasteiger partial charge in [-0.05, 0) is 50.8 Å². The third kappa shape index (κ3) is 2.88. The van der Waals surface area contributed by atoms with E-state index in [-0.39, 0.29) is 11.5 Å². The van der Waals surface area contributed by atoms with Crippen molar-refractivity contribution in [1.29, 1.82) is 0 Å². The van der Waals surface area contributed by atoms with Gasteiger partial charge in [-0.25, -0.2) is 4.79 Å². The molecule has 23 heavy (non-hydrogen) atoms. The quantitative estimate of drug-likeness (QED) is 0.871. The number of carbonyl (C=O) groups is 1. The van der Waals surface area contributed by atoms with Crippen molar-refractivity contribution in [2.75, 3.05) is 0 Å². The van der Waals surface area contributed by atoms with Gasteiger partial charge in [0.2, 0.25) is 0 Å². The Morgan fingerprint density at radius 3 is 2.13 bits per heavy atom. The number of aromatic carboxylic acids is 1. The molecule has 4 heteroatoms. The molecular weight excluding hydrogens is 290 g/mol. The number of aliphatic hydroxyl groups excluding tert-OH is 1. The van der Waals surface area contributed by atoms with Crippen LogP contribution in [0.4, 0.5) is 0 Å². The first-order valence-corrected chi connectivity index (χ1v) is 8.07. The normalized spacial score (nSPS) is 13.8. The molecular formula is C19H27NO3. The number of carboxylic acids is 1. The van der Waals surface area contributed by atoms with E-state index < -0.39 is 12.1 Å². The second kappa shape index (κ2) is 5.68. The summed E-state index contributed by atoms with van der Waals surface area (Å²) in [7, 11) is 0. The molecule has 2 aromatic rings. The van der Waals surface area contributed by atoms with Gasteiger partial charge in [0.25, 0.3) is 0 Å². The molecule has 0 saturated heterocycles. The Morgan fingerprint density at radius 1 is 1.17 bits per heavy atom. The zero-order chi connectivity index (χ0) is 17.7. The number of carboxylic acid groups (broad SMARTS) is 1. The summed E-state index contributed by atoms with van der Waals surface area (Å²) in [6, 6.07) is 3.92. The van der Waals surface area contributed by atoms with Gasteiger partial charge in [0.1, 0.15) is 0 Å². The Hall–Kier alpha value is -1.81. The molecule has 0 aliphatic heterocycles. The molecule has 4 nitrogen and oxygen atoms in total. The van der Waals surface area contributed by atoms with Crippen LogP contribution in [0.3, 0.4) is 0 Å². The summed E-state index contributed by atoms with van der Waals surface area (Å²) in [6.07, 6.45) is -0.644. The molecule has 1 heterocycles. The third-order valence-electron chi connectivity index (χ3n) is 4.42. The number of nitrogens with zero attached hydrogens (tertiary/aromatic N) is 1. The van der Waals surface area contributed by atoms with Gasteiger partial charge in [-0.1, -0.05) is 20.8 Å². The van der Waals surface area contributed by atoms with Gasteiger partial charge >= 0.3 is 5.97 Å². The van der Waals surface area contributed by atoms with E-state index in [2.05, 4.69) is 20.8 Å². The monoisotopic (exact) mass is 317 g/mol. The number of aromatic nitrogens is 1. The van der Waals surface area contributed by atoms with E-state index in [0.717, 1.165) is 22.2 Å². The van der Waals surface area contributed by atoms with Gasteiger partial charge in [-0.15, -0.1) is 0 Å². The van der Waals surface area contributed by atoms with E-state index in [1.165, 1.54) is 0 Å². The molecule has 0 spiro atoms. The van der Waals surface area contributed by atoms with Gasteiger partial charge in [0.05, 0.1) is 17.2 Å². The topological polar surface area (TPSA) is 62.5 Å². The minimum absolute atomic E-state index is 0.114. The number of hydrogen-bond donors (Lipinski definition) is 2. The van der Waals surface area contributed by atoms with Crippen molar-refractivity contribution in [3.8, 4) is 0 Å². The number of aliphatic hydroxyl groups is 1. The highest BCUT2D eigenvalue weighted by atomic mass is 16.4. The number of hydrogen-bond acceptors (Lipinski definition) is 2. The third-order valence-corrected chi connectivity index (χ3v) is 4.42. The predicted molar refractivity (Wildman–Crippen MR) is 93.4 cm³/mol. The predicted octanol–water partition coefficient (Wildman–Crippen LogP) is 4.58. The average Bonchev–Trinajstić information content (AvgIpc) is 2.67. The highest BCUT2D eigenvalue weighted by molar-refractivity contribution is 6.04. The van der Waals surface area contributed by atoms with Crippen LogP contribution in [0.2, 0.25) is 0 Å². The number of benzene rings is 1. The lowest BCUT2D eigenvalue weighted by Crippen LogP contribution is -2.14. The fraction of sp³-hybridized carbons (Fsp3) is 0.526. The van der Waals surface area contributed by atoms with Crippen molar-refractivity contribution >= 4 is 16.9 Å². The smallest absolute Gasteiger partial charge is 0.337 e. The maximum absolute atomic E-state index is 11.9. The maximum atomic E-state index is 11.9. The standard InChI is InChI=1S/C19H27NO3/c1-10(2)20-11(3)16(12(4)21)14-8-13(19(5,6)7)9-15(17(14)20)18(22)23/h8-10,12,21H,1-7H3,(H,22,23). The van der Waals surface area contributed by atoms with Crippen LogP contribution in [-0.4, -0.2) is 20.7 Å². The molecule has 2 N–H and O–H groups in total. The van der Waals surface area contributed by atoms with Gasteiger partial charge in [-0.2, -0.15) is 0 Å². The van der Waals surface area contributed by atoms with E-state index in [0.29, 0.717) is 11.1 Å². The summed E-state index contributed by atoms with van der Waals surface area (Å²) in [5, 5.41) is 20.8. The molecule has 0 saturated carbocycles. The Bertz CT molecular complexity index is 761. The lowest BCUT2D eigenvalue weighted by molar-refractivity contribution is 0.0698. The minimum Gasteiger partial charge on any atom is -0.478 e. The van der Waals surface area contributed by atoms with E-state index in [4.69, 9.17) is 0 Å². The maximum Gasteiger partial charge on any atom is 0.337 e. The lowest BCUT2D eigenvalue weighted by atomic mass is 9.84. The minimum atomic E-state index is -0.933. The summed E-state index contributed by atoms with van der Waals surface area (Å²) >= 11 is 0. The van der Waals surface area contributed by atoms with E-state index in [1.54, 1.807) is 13.0 Å². The van der Waals surface area contributed by atoms with Crippen molar-refractivity contribution in [3.63, 3.8) is 0 Å². The van der Waals surface area contributed by atoms with E-state index in [9.17, 15) is 15.0 Å². The van der Waals surface area contributed by atoms with Gasteiger partial charge in [0, 0.05) is 22.7 Å². The van der Waals surface area contributed by atoms with Crippen LogP contribution in [0.1, 0.15) is 80.9 Å². The van der Waals surface area contributed by atoms with Crippen LogP contribution < -0.4 is 0 Å². The van der Waals surface area contributed by atoms with Crippen LogP contribution in [0.25, 0.3) is 10.9 Å². The molecule has 1 unspecified atom stereocenters. The highest BCUT2D eigenvalue weighted by Crippen LogP contribution is 2.38. The molecule has 1 aromatic heterocycles. The Balaban J connectivity index is 3.06. The molecule has 0 aliphatic carbocycles. The summed E-state index contributed by atoms with van der Waals surface area (Å²) in [6.45, 7) is 13.9. The van der Waals surface area contributed by atoms with Crippen molar-refractivity contribution in [2.24, 2.45) is 0 Å². The molecule has 0 fully saturated rings. The van der Waals surface area contributed by atoms with Crippen molar-refractivity contribution in [1.82, 2.24) is 4.57 Å². The second-order valence-electron chi connectivity index (χ2n) is 7.61. The van der Waals surface area contributed by atoms with Crippen LogP contribution in [0, 0.1) is 6.92 Å². The van der Waals surface area contributed by atoms with Crippen LogP contribution >= 0.6 is 0 Å². The zero-order valence-corrected chi connectivity index (χ0v) is 15.1. The van der Waals surface area contributed by atoms with Crippen LogP contribution in [0.5, 0.6) is 0 Å². The summed E-state index contributed by atoms with van der Waals surface area (Å²) < 4.78 is 2.02. The Morgan fingerprint density at radius 2 is 1.74 bits per heavy atom. The van der Waals surface area contributed by atoms with E-state index in [1.807, 2.05) is 31.4 Å². The first-order chi connectivity index (χ1) is 10.5. The molecule has 0 bridgehead atoms. The van der Waals surface area contributed by atoms with Gasteiger partial charge in [0.15, 0.2) is 0 Å². The largest absolute Gasteiger partial charge is 0.478 e. The van der Waals surface area contributed by atoms with Crippen molar-refractivity contribution in [2.45, 2.75) is 66.0 Å². The van der Waals surface area contributed by atoms with Crippen LogP contribution in [-0.2, 0) is 5.41 Å². The Kier molecular flexibility index (Phi) is 4.33. The van der Waals surface area contributed by atoms with Gasteiger partial charge in [-0.3, -0.25) is 0 Å². The molecule has 126 valence electrons. The Labute approximate surface area is 137 Å². The molecule has 0 amide bonds. The van der Waals surface area contributed by atoms with E-state index >= 15 is 0 Å². The SMILES string of the molecule is Cc1c(C(C)O)c2cc(C(C)(C)C)cc(C(=O)O)c2n1C(C)C. The number of fused-ring (bicyclic) bond motifs is 1. The first-order valence-electron chi connectivity index (χ1n) is 8.07. The molecule has 2 rings (SSSR count). The summed E-state index contributed by atoms with van der Waals surface area (Å²) in [5.74, 6) is -0.933. The fourth-order valence-electron chi connectivity index (χ4n) is 3.36. The van der Waals surface area contributed by atoms with Crippen molar-refractivity contribution < 1.29 is 15.0 Å². The second-order valence-corrected chi connectivity index (χ2v) is 7.61. The lowest BCUT2D eigenvalue weighted by Gasteiger charge is -2.21. The summed E-state index contributed by atoms with van der Waals surface area (Å²) in [5.41, 5.74) is 3.55. The fourth-order valence-corrected chi connectivity index (χ4v) is 3.36. The average molecular weight is 317 g/mol. The molecule has 1 atom stereocenters. The molecule has 1 aromatic carbocycles. The summed E-state index contributed by atoms with van der Waals surface area (Å²) in [4.78, 5) is 11.9. The number of rotatable bonds is 3. The highest BCUT2D eigenvalue weighted by Gasteiger charge is 2.26. The van der Waals surface area contributed by atoms with Crippen molar-refractivity contribution in [3.05, 3.63) is 34.5 Å². The molecule has 0 radical (unpaired) electrons.